The Kier molecular flexibility index (Phi) is 5.58. The highest BCUT2D eigenvalue weighted by Gasteiger charge is 2.41. The number of hydrogen-bond acceptors (Lipinski definition) is 4. The van der Waals surface area contributed by atoms with Crippen LogP contribution < -0.4 is 10.6 Å². The quantitative estimate of drug-likeness (QED) is 0.618. The maximum atomic E-state index is 12.8. The third-order valence-electron chi connectivity index (χ3n) is 5.23. The van der Waals surface area contributed by atoms with Crippen LogP contribution in [0.3, 0.4) is 0 Å². The smallest absolute Gasteiger partial charge is 0.319 e. The average molecular weight is 416 g/mol. The zero-order valence-corrected chi connectivity index (χ0v) is 17.5. The molecular formula is C24H24N4O3. The van der Waals surface area contributed by atoms with Crippen LogP contribution in [0.1, 0.15) is 24.1 Å². The van der Waals surface area contributed by atoms with Crippen LogP contribution in [0.5, 0.6) is 0 Å². The molecule has 0 saturated carbocycles. The van der Waals surface area contributed by atoms with Gasteiger partial charge in [0.2, 0.25) is 0 Å². The van der Waals surface area contributed by atoms with Crippen LogP contribution in [-0.2, 0) is 9.53 Å². The van der Waals surface area contributed by atoms with Gasteiger partial charge in [-0.15, -0.1) is 0 Å². The molecule has 1 aromatic heterocycles. The predicted molar refractivity (Wildman–Crippen MR) is 117 cm³/mol. The first-order valence-corrected chi connectivity index (χ1v) is 10.1. The Labute approximate surface area is 180 Å². The number of aryl methyl sites for hydroxylation is 1. The van der Waals surface area contributed by atoms with Crippen molar-refractivity contribution in [2.45, 2.75) is 19.9 Å². The number of carbonyl (C=O) groups excluding carboxylic acids is 2. The van der Waals surface area contributed by atoms with Gasteiger partial charge in [0.1, 0.15) is 5.92 Å². The van der Waals surface area contributed by atoms with E-state index in [4.69, 9.17) is 9.84 Å². The van der Waals surface area contributed by atoms with Crippen molar-refractivity contribution in [3.63, 3.8) is 0 Å². The standard InChI is InChI=1S/C24H24N4O3/c1-4-31-23(29)20-16(3)25-24(30)26-22(20)19-14-28(18-8-6-5-7-9-18)27-21(19)17-12-10-15(2)11-13-17/h5-14,20,22H,3-4H2,1-2H3,(H2,25,26,30)/t20-,22+/m1/s1. The fourth-order valence-corrected chi connectivity index (χ4v) is 3.72. The Hall–Kier alpha value is -3.87. The number of esters is 1. The fraction of sp³-hybridized carbons (Fsp3) is 0.208. The van der Waals surface area contributed by atoms with Crippen LogP contribution in [0.4, 0.5) is 4.79 Å². The summed E-state index contributed by atoms with van der Waals surface area (Å²) < 4.78 is 7.03. The van der Waals surface area contributed by atoms with Crippen LogP contribution >= 0.6 is 0 Å². The second-order valence-electron chi connectivity index (χ2n) is 7.41. The van der Waals surface area contributed by atoms with Crippen molar-refractivity contribution >= 4 is 12.0 Å². The third kappa shape index (κ3) is 4.07. The molecule has 2 atom stereocenters. The average Bonchev–Trinajstić information content (AvgIpc) is 3.20. The normalized spacial score (nSPS) is 18.3. The molecule has 2 amide bonds. The van der Waals surface area contributed by atoms with E-state index >= 15 is 0 Å². The number of ether oxygens (including phenoxy) is 1. The monoisotopic (exact) mass is 416 g/mol. The van der Waals surface area contributed by atoms with Gasteiger partial charge in [-0.25, -0.2) is 9.48 Å². The maximum absolute atomic E-state index is 12.8. The number of aromatic nitrogens is 2. The number of urea groups is 1. The van der Waals surface area contributed by atoms with E-state index in [0.717, 1.165) is 16.8 Å². The Bertz CT molecular complexity index is 1120. The molecule has 2 heterocycles. The number of para-hydroxylation sites is 1. The van der Waals surface area contributed by atoms with Crippen LogP contribution in [0.2, 0.25) is 0 Å². The van der Waals surface area contributed by atoms with E-state index in [0.29, 0.717) is 17.0 Å². The largest absolute Gasteiger partial charge is 0.465 e. The summed E-state index contributed by atoms with van der Waals surface area (Å²) in [6, 6.07) is 16.6. The van der Waals surface area contributed by atoms with Crippen molar-refractivity contribution < 1.29 is 14.3 Å². The summed E-state index contributed by atoms with van der Waals surface area (Å²) in [5.41, 5.74) is 4.57. The van der Waals surface area contributed by atoms with Gasteiger partial charge < -0.3 is 15.4 Å². The lowest BCUT2D eigenvalue weighted by molar-refractivity contribution is -0.147. The number of amides is 2. The molecule has 0 aliphatic carbocycles. The summed E-state index contributed by atoms with van der Waals surface area (Å²) in [5.74, 6) is -1.23. The van der Waals surface area contributed by atoms with Crippen molar-refractivity contribution in [2.75, 3.05) is 6.61 Å². The highest BCUT2D eigenvalue weighted by atomic mass is 16.5. The lowest BCUT2D eigenvalue weighted by Gasteiger charge is -2.32. The van der Waals surface area contributed by atoms with E-state index in [2.05, 4.69) is 17.2 Å². The molecule has 1 aliphatic rings. The molecule has 0 spiro atoms. The molecule has 7 nitrogen and oxygen atoms in total. The third-order valence-corrected chi connectivity index (χ3v) is 5.23. The number of rotatable bonds is 5. The molecule has 7 heteroatoms. The molecule has 4 rings (SSSR count). The van der Waals surface area contributed by atoms with E-state index < -0.39 is 24.0 Å². The molecule has 1 fully saturated rings. The Balaban J connectivity index is 1.87. The van der Waals surface area contributed by atoms with E-state index in [1.54, 1.807) is 11.6 Å². The van der Waals surface area contributed by atoms with Gasteiger partial charge in [-0.3, -0.25) is 4.79 Å². The highest BCUT2D eigenvalue weighted by Crippen LogP contribution is 2.36. The topological polar surface area (TPSA) is 85.3 Å². The van der Waals surface area contributed by atoms with Crippen LogP contribution in [0, 0.1) is 12.8 Å². The van der Waals surface area contributed by atoms with Gasteiger partial charge in [0.25, 0.3) is 0 Å². The number of hydrogen-bond donors (Lipinski definition) is 2. The molecule has 158 valence electrons. The Morgan fingerprint density at radius 1 is 1.16 bits per heavy atom. The first kappa shape index (κ1) is 20.4. The van der Waals surface area contributed by atoms with Crippen molar-refractivity contribution in [3.05, 3.63) is 84.2 Å². The van der Waals surface area contributed by atoms with Crippen molar-refractivity contribution in [1.82, 2.24) is 20.4 Å². The van der Waals surface area contributed by atoms with Gasteiger partial charge in [0, 0.05) is 23.0 Å². The summed E-state index contributed by atoms with van der Waals surface area (Å²) in [6.07, 6.45) is 1.85. The van der Waals surface area contributed by atoms with Gasteiger partial charge in [0.15, 0.2) is 0 Å². The summed E-state index contributed by atoms with van der Waals surface area (Å²) in [5, 5.41) is 10.3. The van der Waals surface area contributed by atoms with Crippen molar-refractivity contribution in [2.24, 2.45) is 5.92 Å². The molecule has 1 aliphatic heterocycles. The van der Waals surface area contributed by atoms with Crippen molar-refractivity contribution in [3.8, 4) is 16.9 Å². The molecular weight excluding hydrogens is 392 g/mol. The number of nitrogens with one attached hydrogen (secondary N) is 2. The zero-order chi connectivity index (χ0) is 22.0. The number of nitrogens with zero attached hydrogens (tertiary/aromatic N) is 2. The van der Waals surface area contributed by atoms with Gasteiger partial charge in [0.05, 0.1) is 24.0 Å². The maximum Gasteiger partial charge on any atom is 0.319 e. The zero-order valence-electron chi connectivity index (χ0n) is 17.5. The van der Waals surface area contributed by atoms with E-state index in [9.17, 15) is 9.59 Å². The lowest BCUT2D eigenvalue weighted by Crippen LogP contribution is -2.51. The predicted octanol–water partition coefficient (Wildman–Crippen LogP) is 3.89. The molecule has 2 aromatic carbocycles. The second-order valence-corrected chi connectivity index (χ2v) is 7.41. The minimum atomic E-state index is -0.782. The van der Waals surface area contributed by atoms with Gasteiger partial charge >= 0.3 is 12.0 Å². The van der Waals surface area contributed by atoms with Gasteiger partial charge in [-0.2, -0.15) is 5.10 Å². The number of benzene rings is 2. The Morgan fingerprint density at radius 3 is 2.55 bits per heavy atom. The molecule has 1 saturated heterocycles. The minimum absolute atomic E-state index is 0.234. The molecule has 0 bridgehead atoms. The summed E-state index contributed by atoms with van der Waals surface area (Å²) in [6.45, 7) is 7.90. The fourth-order valence-electron chi connectivity index (χ4n) is 3.72. The second kappa shape index (κ2) is 8.47. The first-order valence-electron chi connectivity index (χ1n) is 10.1. The first-order chi connectivity index (χ1) is 15.0. The lowest BCUT2D eigenvalue weighted by atomic mass is 9.88. The van der Waals surface area contributed by atoms with Gasteiger partial charge in [-0.05, 0) is 26.0 Å². The van der Waals surface area contributed by atoms with Crippen LogP contribution in [-0.4, -0.2) is 28.4 Å². The molecule has 2 N–H and O–H groups in total. The Morgan fingerprint density at radius 2 is 1.87 bits per heavy atom. The summed E-state index contributed by atoms with van der Waals surface area (Å²) >= 11 is 0. The van der Waals surface area contributed by atoms with Crippen LogP contribution in [0.15, 0.2) is 73.1 Å². The highest BCUT2D eigenvalue weighted by molar-refractivity contribution is 5.86. The summed E-state index contributed by atoms with van der Waals surface area (Å²) in [4.78, 5) is 25.1. The molecule has 31 heavy (non-hydrogen) atoms. The molecule has 3 aromatic rings. The SMILES string of the molecule is C=C1NC(=O)N[C@@H](c2cn(-c3ccccc3)nc2-c2ccc(C)cc2)[C@@H]1C(=O)OCC. The molecule has 0 unspecified atom stereocenters. The van der Waals surface area contributed by atoms with Crippen LogP contribution in [0.25, 0.3) is 16.9 Å². The van der Waals surface area contributed by atoms with Gasteiger partial charge in [-0.1, -0.05) is 54.6 Å². The summed E-state index contributed by atoms with van der Waals surface area (Å²) in [7, 11) is 0. The minimum Gasteiger partial charge on any atom is -0.465 e. The van der Waals surface area contributed by atoms with E-state index in [1.807, 2.05) is 67.7 Å². The van der Waals surface area contributed by atoms with Crippen molar-refractivity contribution in [1.29, 1.82) is 0 Å². The number of carbonyl (C=O) groups is 2. The van der Waals surface area contributed by atoms with E-state index in [1.165, 1.54) is 0 Å². The van der Waals surface area contributed by atoms with E-state index in [-0.39, 0.29) is 6.61 Å². The molecule has 0 radical (unpaired) electrons.